The molecular weight excluding hydrogens is 254 g/mol. The van der Waals surface area contributed by atoms with Gasteiger partial charge < -0.3 is 5.32 Å². The minimum Gasteiger partial charge on any atom is -0.325 e. The second kappa shape index (κ2) is 5.16. The van der Waals surface area contributed by atoms with Crippen molar-refractivity contribution in [2.45, 2.75) is 19.5 Å². The highest BCUT2D eigenvalue weighted by molar-refractivity contribution is 6.03. The van der Waals surface area contributed by atoms with E-state index in [9.17, 15) is 27.2 Å². The van der Waals surface area contributed by atoms with E-state index in [1.807, 2.05) is 5.32 Å². The van der Waals surface area contributed by atoms with E-state index in [4.69, 9.17) is 0 Å². The van der Waals surface area contributed by atoms with Gasteiger partial charge in [-0.05, 0) is 25.1 Å². The first kappa shape index (κ1) is 14.1. The average molecular weight is 263 g/mol. The molecule has 0 aliphatic heterocycles. The zero-order chi connectivity index (χ0) is 13.9. The van der Waals surface area contributed by atoms with Crippen molar-refractivity contribution in [3.05, 3.63) is 29.6 Å². The molecule has 0 saturated heterocycles. The van der Waals surface area contributed by atoms with Crippen molar-refractivity contribution in [1.82, 2.24) is 0 Å². The van der Waals surface area contributed by atoms with E-state index in [1.165, 1.54) is 0 Å². The van der Waals surface area contributed by atoms with Crippen molar-refractivity contribution in [1.29, 1.82) is 0 Å². The highest BCUT2D eigenvalue weighted by Gasteiger charge is 2.34. The summed E-state index contributed by atoms with van der Waals surface area (Å²) in [4.78, 5) is 21.8. The number of carbonyl (C=O) groups is 2. The third-order valence-electron chi connectivity index (χ3n) is 1.97. The standard InChI is InChI=1S/C11H9F4NO2/c1-6(17)4-10(18)16-9-3-2-7(12)5-8(9)11(13,14)15/h2-3,5H,4H2,1H3,(H,16,18). The summed E-state index contributed by atoms with van der Waals surface area (Å²) in [5, 5.41) is 1.93. The number of hydrogen-bond acceptors (Lipinski definition) is 2. The van der Waals surface area contributed by atoms with Crippen LogP contribution in [0.4, 0.5) is 23.2 Å². The fourth-order valence-corrected chi connectivity index (χ4v) is 1.28. The molecule has 3 nitrogen and oxygen atoms in total. The third kappa shape index (κ3) is 3.83. The number of anilines is 1. The van der Waals surface area contributed by atoms with Crippen LogP contribution in [-0.4, -0.2) is 11.7 Å². The zero-order valence-electron chi connectivity index (χ0n) is 9.27. The number of ketones is 1. The number of hydrogen-bond donors (Lipinski definition) is 1. The van der Waals surface area contributed by atoms with Crippen LogP contribution < -0.4 is 5.32 Å². The molecule has 18 heavy (non-hydrogen) atoms. The van der Waals surface area contributed by atoms with Gasteiger partial charge in [0.15, 0.2) is 0 Å². The SMILES string of the molecule is CC(=O)CC(=O)Nc1ccc(F)cc1C(F)(F)F. The van der Waals surface area contributed by atoms with E-state index in [2.05, 4.69) is 0 Å². The summed E-state index contributed by atoms with van der Waals surface area (Å²) < 4.78 is 50.4. The summed E-state index contributed by atoms with van der Waals surface area (Å²) in [6.07, 6.45) is -5.32. The van der Waals surface area contributed by atoms with Crippen LogP contribution in [0.5, 0.6) is 0 Å². The Bertz CT molecular complexity index is 482. The molecule has 1 rings (SSSR count). The minimum atomic E-state index is -4.79. The van der Waals surface area contributed by atoms with Gasteiger partial charge in [-0.1, -0.05) is 0 Å². The first-order chi connectivity index (χ1) is 8.20. The summed E-state index contributed by atoms with van der Waals surface area (Å²) in [6, 6.07) is 1.87. The number of rotatable bonds is 3. The topological polar surface area (TPSA) is 46.2 Å². The van der Waals surface area contributed by atoms with Gasteiger partial charge in [0.05, 0.1) is 17.7 Å². The lowest BCUT2D eigenvalue weighted by atomic mass is 10.1. The molecular formula is C11H9F4NO2. The van der Waals surface area contributed by atoms with E-state index in [0.717, 1.165) is 19.1 Å². The van der Waals surface area contributed by atoms with Gasteiger partial charge in [0.1, 0.15) is 11.6 Å². The Labute approximate surface area is 99.8 Å². The van der Waals surface area contributed by atoms with Crippen LogP contribution >= 0.6 is 0 Å². The fourth-order valence-electron chi connectivity index (χ4n) is 1.28. The largest absolute Gasteiger partial charge is 0.418 e. The van der Waals surface area contributed by atoms with Crippen LogP contribution in [0, 0.1) is 5.82 Å². The van der Waals surface area contributed by atoms with E-state index >= 15 is 0 Å². The van der Waals surface area contributed by atoms with Crippen LogP contribution in [0.25, 0.3) is 0 Å². The highest BCUT2D eigenvalue weighted by atomic mass is 19.4. The monoisotopic (exact) mass is 263 g/mol. The van der Waals surface area contributed by atoms with E-state index in [0.29, 0.717) is 0 Å². The molecule has 0 saturated carbocycles. The molecule has 1 N–H and O–H groups in total. The van der Waals surface area contributed by atoms with Gasteiger partial charge in [-0.15, -0.1) is 0 Å². The van der Waals surface area contributed by atoms with Gasteiger partial charge >= 0.3 is 6.18 Å². The Kier molecular flexibility index (Phi) is 4.05. The maximum absolute atomic E-state index is 12.8. The molecule has 1 aromatic carbocycles. The van der Waals surface area contributed by atoms with Crippen molar-refractivity contribution in [3.8, 4) is 0 Å². The Morgan fingerprint density at radius 2 is 1.89 bits per heavy atom. The summed E-state index contributed by atoms with van der Waals surface area (Å²) in [6.45, 7) is 1.13. The highest BCUT2D eigenvalue weighted by Crippen LogP contribution is 2.35. The molecule has 0 fully saturated rings. The average Bonchev–Trinajstić information content (AvgIpc) is 2.17. The number of halogens is 4. The summed E-state index contributed by atoms with van der Waals surface area (Å²) >= 11 is 0. The number of nitrogens with one attached hydrogen (secondary N) is 1. The smallest absolute Gasteiger partial charge is 0.325 e. The molecule has 0 aliphatic carbocycles. The lowest BCUT2D eigenvalue weighted by Crippen LogP contribution is -2.18. The maximum Gasteiger partial charge on any atom is 0.418 e. The summed E-state index contributed by atoms with van der Waals surface area (Å²) in [7, 11) is 0. The molecule has 0 aliphatic rings. The zero-order valence-corrected chi connectivity index (χ0v) is 9.27. The molecule has 1 aromatic rings. The molecule has 0 radical (unpaired) electrons. The Morgan fingerprint density at radius 3 is 2.39 bits per heavy atom. The van der Waals surface area contributed by atoms with Crippen LogP contribution in [0.3, 0.4) is 0 Å². The van der Waals surface area contributed by atoms with Gasteiger partial charge in [0.25, 0.3) is 0 Å². The van der Waals surface area contributed by atoms with Gasteiger partial charge in [0.2, 0.25) is 5.91 Å². The number of carbonyl (C=O) groups excluding carboxylic acids is 2. The van der Waals surface area contributed by atoms with Crippen molar-refractivity contribution in [2.24, 2.45) is 0 Å². The van der Waals surface area contributed by atoms with Crippen molar-refractivity contribution >= 4 is 17.4 Å². The van der Waals surface area contributed by atoms with E-state index in [1.54, 1.807) is 0 Å². The normalized spacial score (nSPS) is 11.2. The molecule has 0 unspecified atom stereocenters. The molecule has 98 valence electrons. The summed E-state index contributed by atoms with van der Waals surface area (Å²) in [5.74, 6) is -2.42. The Balaban J connectivity index is 3.02. The van der Waals surface area contributed by atoms with Gasteiger partial charge in [0, 0.05) is 0 Å². The molecule has 0 aromatic heterocycles. The predicted octanol–water partition coefficient (Wildman–Crippen LogP) is 2.76. The molecule has 0 atom stereocenters. The molecule has 1 amide bonds. The van der Waals surface area contributed by atoms with E-state index in [-0.39, 0.29) is 6.07 Å². The van der Waals surface area contributed by atoms with Crippen LogP contribution in [0.2, 0.25) is 0 Å². The first-order valence-corrected chi connectivity index (χ1v) is 4.86. The molecule has 7 heteroatoms. The van der Waals surface area contributed by atoms with Gasteiger partial charge in [-0.3, -0.25) is 9.59 Å². The molecule has 0 heterocycles. The quantitative estimate of drug-likeness (QED) is 0.673. The van der Waals surface area contributed by atoms with Crippen LogP contribution in [-0.2, 0) is 15.8 Å². The predicted molar refractivity (Wildman–Crippen MR) is 55.3 cm³/mol. The van der Waals surface area contributed by atoms with Crippen LogP contribution in [0.15, 0.2) is 18.2 Å². The van der Waals surface area contributed by atoms with Crippen LogP contribution in [0.1, 0.15) is 18.9 Å². The lowest BCUT2D eigenvalue weighted by Gasteiger charge is -2.13. The van der Waals surface area contributed by atoms with Crippen molar-refractivity contribution in [3.63, 3.8) is 0 Å². The Morgan fingerprint density at radius 1 is 1.28 bits per heavy atom. The van der Waals surface area contributed by atoms with Crippen molar-refractivity contribution < 1.29 is 27.2 Å². The van der Waals surface area contributed by atoms with E-state index < -0.39 is 41.4 Å². The molecule has 0 spiro atoms. The first-order valence-electron chi connectivity index (χ1n) is 4.86. The fraction of sp³-hybridized carbons (Fsp3) is 0.273. The minimum absolute atomic E-state index is 0.281. The second-order valence-corrected chi connectivity index (χ2v) is 3.61. The molecule has 0 bridgehead atoms. The second-order valence-electron chi connectivity index (χ2n) is 3.61. The summed E-state index contributed by atoms with van der Waals surface area (Å²) in [5.41, 5.74) is -1.87. The number of benzene rings is 1. The number of Topliss-reactive ketones (excluding diaryl/α,β-unsaturated/α-hetero) is 1. The Hall–Kier alpha value is -1.92. The lowest BCUT2D eigenvalue weighted by molar-refractivity contribution is -0.137. The number of alkyl halides is 3. The maximum atomic E-state index is 12.8. The van der Waals surface area contributed by atoms with Gasteiger partial charge in [-0.2, -0.15) is 13.2 Å². The van der Waals surface area contributed by atoms with Crippen molar-refractivity contribution in [2.75, 3.05) is 5.32 Å². The number of amides is 1. The third-order valence-corrected chi connectivity index (χ3v) is 1.97. The van der Waals surface area contributed by atoms with Gasteiger partial charge in [-0.25, -0.2) is 4.39 Å².